The Hall–Kier alpha value is -0.830. The van der Waals surface area contributed by atoms with Gasteiger partial charge >= 0.3 is 0 Å². The summed E-state index contributed by atoms with van der Waals surface area (Å²) in [6.45, 7) is 5.85. The number of amides is 1. The highest BCUT2D eigenvalue weighted by Gasteiger charge is 2.18. The molecule has 1 heterocycles. The van der Waals surface area contributed by atoms with Crippen LogP contribution in [0.1, 0.15) is 51.9 Å². The van der Waals surface area contributed by atoms with Crippen molar-refractivity contribution in [3.63, 3.8) is 0 Å². The van der Waals surface area contributed by atoms with Crippen LogP contribution in [0.5, 0.6) is 0 Å². The summed E-state index contributed by atoms with van der Waals surface area (Å²) in [5.41, 5.74) is 1.54. The topological polar surface area (TPSA) is 32.3 Å². The third-order valence-electron chi connectivity index (χ3n) is 4.26. The Balaban J connectivity index is 1.60. The molecule has 0 aromatic carbocycles. The quantitative estimate of drug-likeness (QED) is 0.774. The Kier molecular flexibility index (Phi) is 5.90. The van der Waals surface area contributed by atoms with Gasteiger partial charge in [-0.3, -0.25) is 9.69 Å². The fourth-order valence-electron chi connectivity index (χ4n) is 3.18. The molecule has 1 aliphatic carbocycles. The van der Waals surface area contributed by atoms with E-state index in [0.717, 1.165) is 32.0 Å². The van der Waals surface area contributed by atoms with Gasteiger partial charge in [-0.25, -0.2) is 0 Å². The minimum atomic E-state index is 0.200. The Labute approximate surface area is 117 Å². The zero-order chi connectivity index (χ0) is 13.5. The summed E-state index contributed by atoms with van der Waals surface area (Å²) >= 11 is 0. The number of hydrogen-bond acceptors (Lipinski definition) is 2. The monoisotopic (exact) mass is 264 g/mol. The number of piperidine rings is 1. The number of nitrogens with zero attached hydrogens (tertiary/aromatic N) is 1. The van der Waals surface area contributed by atoms with Crippen LogP contribution < -0.4 is 5.32 Å². The first kappa shape index (κ1) is 14.6. The number of rotatable bonds is 5. The molecule has 0 radical (unpaired) electrons. The van der Waals surface area contributed by atoms with Crippen molar-refractivity contribution in [3.8, 4) is 0 Å². The molecule has 19 heavy (non-hydrogen) atoms. The standard InChI is InChI=1S/C16H28N2O/c1-14-6-5-11-18(12-14)13-16(19)17-10-9-15-7-3-2-4-8-15/h7,14H,2-6,8-13H2,1H3,(H,17,19)/t14-/m1/s1. The fraction of sp³-hybridized carbons (Fsp3) is 0.812. The highest BCUT2D eigenvalue weighted by molar-refractivity contribution is 5.78. The maximum atomic E-state index is 11.9. The second kappa shape index (κ2) is 7.68. The van der Waals surface area contributed by atoms with Crippen LogP contribution >= 0.6 is 0 Å². The van der Waals surface area contributed by atoms with E-state index in [0.29, 0.717) is 6.54 Å². The minimum Gasteiger partial charge on any atom is -0.355 e. The summed E-state index contributed by atoms with van der Waals surface area (Å²) in [5, 5.41) is 3.07. The van der Waals surface area contributed by atoms with Crippen LogP contribution in [0.4, 0.5) is 0 Å². The van der Waals surface area contributed by atoms with Crippen molar-refractivity contribution in [1.82, 2.24) is 10.2 Å². The molecule has 108 valence electrons. The van der Waals surface area contributed by atoms with Crippen LogP contribution in [0.3, 0.4) is 0 Å². The van der Waals surface area contributed by atoms with E-state index in [2.05, 4.69) is 23.2 Å². The molecule has 0 aromatic rings. The molecule has 3 nitrogen and oxygen atoms in total. The van der Waals surface area contributed by atoms with Crippen molar-refractivity contribution in [2.24, 2.45) is 5.92 Å². The molecule has 2 aliphatic rings. The second-order valence-corrected chi connectivity index (χ2v) is 6.19. The molecular formula is C16H28N2O. The highest BCUT2D eigenvalue weighted by atomic mass is 16.2. The van der Waals surface area contributed by atoms with Gasteiger partial charge in [-0.1, -0.05) is 18.6 Å². The average Bonchev–Trinajstić information content (AvgIpc) is 2.40. The van der Waals surface area contributed by atoms with E-state index in [-0.39, 0.29) is 5.91 Å². The molecule has 0 aromatic heterocycles. The minimum absolute atomic E-state index is 0.200. The molecule has 1 aliphatic heterocycles. The van der Waals surface area contributed by atoms with Gasteiger partial charge in [-0.15, -0.1) is 0 Å². The molecule has 3 heteroatoms. The molecule has 1 fully saturated rings. The second-order valence-electron chi connectivity index (χ2n) is 6.19. The summed E-state index contributed by atoms with van der Waals surface area (Å²) in [5.74, 6) is 0.944. The van der Waals surface area contributed by atoms with Gasteiger partial charge in [-0.2, -0.15) is 0 Å². The number of nitrogens with one attached hydrogen (secondary N) is 1. The van der Waals surface area contributed by atoms with Crippen LogP contribution in [0, 0.1) is 5.92 Å². The van der Waals surface area contributed by atoms with Crippen molar-refractivity contribution < 1.29 is 4.79 Å². The first-order chi connectivity index (χ1) is 9.24. The van der Waals surface area contributed by atoms with Crippen LogP contribution in [-0.4, -0.2) is 37.0 Å². The zero-order valence-corrected chi connectivity index (χ0v) is 12.3. The molecule has 0 saturated carbocycles. The summed E-state index contributed by atoms with van der Waals surface area (Å²) in [6, 6.07) is 0. The van der Waals surface area contributed by atoms with E-state index >= 15 is 0 Å². The van der Waals surface area contributed by atoms with Crippen molar-refractivity contribution in [2.45, 2.75) is 51.9 Å². The van der Waals surface area contributed by atoms with Gasteiger partial charge in [0.15, 0.2) is 0 Å². The normalized spacial score (nSPS) is 24.9. The van der Waals surface area contributed by atoms with E-state index in [4.69, 9.17) is 0 Å². The van der Waals surface area contributed by atoms with Gasteiger partial charge in [0.05, 0.1) is 6.54 Å². The summed E-state index contributed by atoms with van der Waals surface area (Å²) in [4.78, 5) is 14.2. The summed E-state index contributed by atoms with van der Waals surface area (Å²) in [6.07, 6.45) is 11.1. The molecule has 0 unspecified atom stereocenters. The number of carbonyl (C=O) groups is 1. The van der Waals surface area contributed by atoms with Gasteiger partial charge < -0.3 is 5.32 Å². The first-order valence-electron chi connectivity index (χ1n) is 7.91. The Morgan fingerprint density at radius 2 is 2.32 bits per heavy atom. The lowest BCUT2D eigenvalue weighted by atomic mass is 9.97. The number of carbonyl (C=O) groups excluding carboxylic acids is 1. The first-order valence-corrected chi connectivity index (χ1v) is 7.91. The van der Waals surface area contributed by atoms with E-state index in [1.165, 1.54) is 44.1 Å². The van der Waals surface area contributed by atoms with E-state index < -0.39 is 0 Å². The van der Waals surface area contributed by atoms with E-state index in [9.17, 15) is 4.79 Å². The lowest BCUT2D eigenvalue weighted by Gasteiger charge is -2.30. The lowest BCUT2D eigenvalue weighted by molar-refractivity contribution is -0.122. The molecule has 1 amide bonds. The molecular weight excluding hydrogens is 236 g/mol. The van der Waals surface area contributed by atoms with Crippen molar-refractivity contribution in [1.29, 1.82) is 0 Å². The van der Waals surface area contributed by atoms with Gasteiger partial charge in [0.1, 0.15) is 0 Å². The maximum absolute atomic E-state index is 11.9. The number of likely N-dealkylation sites (tertiary alicyclic amines) is 1. The summed E-state index contributed by atoms with van der Waals surface area (Å²) < 4.78 is 0. The third-order valence-corrected chi connectivity index (χ3v) is 4.26. The predicted molar refractivity (Wildman–Crippen MR) is 79.0 cm³/mol. The van der Waals surface area contributed by atoms with Gasteiger partial charge in [0.2, 0.25) is 5.91 Å². The predicted octanol–water partition coefficient (Wildman–Crippen LogP) is 2.73. The van der Waals surface area contributed by atoms with E-state index in [1.54, 1.807) is 0 Å². The smallest absolute Gasteiger partial charge is 0.234 e. The van der Waals surface area contributed by atoms with Gasteiger partial charge in [0.25, 0.3) is 0 Å². The zero-order valence-electron chi connectivity index (χ0n) is 12.3. The van der Waals surface area contributed by atoms with Crippen LogP contribution in [0.25, 0.3) is 0 Å². The van der Waals surface area contributed by atoms with Crippen molar-refractivity contribution >= 4 is 5.91 Å². The largest absolute Gasteiger partial charge is 0.355 e. The van der Waals surface area contributed by atoms with Gasteiger partial charge in [-0.05, 0) is 57.4 Å². The van der Waals surface area contributed by atoms with Crippen LogP contribution in [-0.2, 0) is 4.79 Å². The molecule has 0 bridgehead atoms. The maximum Gasteiger partial charge on any atom is 0.234 e. The molecule has 1 atom stereocenters. The Morgan fingerprint density at radius 1 is 1.42 bits per heavy atom. The van der Waals surface area contributed by atoms with Crippen molar-refractivity contribution in [3.05, 3.63) is 11.6 Å². The Bertz CT molecular complexity index is 325. The average molecular weight is 264 g/mol. The van der Waals surface area contributed by atoms with Crippen LogP contribution in [0.15, 0.2) is 11.6 Å². The highest BCUT2D eigenvalue weighted by Crippen LogP contribution is 2.19. The van der Waals surface area contributed by atoms with Gasteiger partial charge in [0, 0.05) is 13.1 Å². The number of allylic oxidation sites excluding steroid dienone is 1. The lowest BCUT2D eigenvalue weighted by Crippen LogP contribution is -2.42. The number of hydrogen-bond donors (Lipinski definition) is 1. The van der Waals surface area contributed by atoms with E-state index in [1.807, 2.05) is 0 Å². The third kappa shape index (κ3) is 5.35. The SMILES string of the molecule is C[C@@H]1CCCN(CC(=O)NCCC2=CCCCC2)C1. The van der Waals surface area contributed by atoms with Crippen LogP contribution in [0.2, 0.25) is 0 Å². The van der Waals surface area contributed by atoms with Crippen molar-refractivity contribution in [2.75, 3.05) is 26.2 Å². The Morgan fingerprint density at radius 3 is 3.05 bits per heavy atom. The fourth-order valence-corrected chi connectivity index (χ4v) is 3.18. The molecule has 1 N–H and O–H groups in total. The summed E-state index contributed by atoms with van der Waals surface area (Å²) in [7, 11) is 0. The molecule has 2 rings (SSSR count). The molecule has 0 spiro atoms. The molecule has 1 saturated heterocycles.